The molecule has 1 aliphatic rings. The van der Waals surface area contributed by atoms with Gasteiger partial charge in [0.15, 0.2) is 5.69 Å². The van der Waals surface area contributed by atoms with Crippen molar-refractivity contribution in [1.29, 1.82) is 0 Å². The van der Waals surface area contributed by atoms with Crippen LogP contribution in [0.25, 0.3) is 5.69 Å². The molecule has 0 unspecified atom stereocenters. The highest BCUT2D eigenvalue weighted by Crippen LogP contribution is 2.39. The predicted octanol–water partition coefficient (Wildman–Crippen LogP) is 3.70. The van der Waals surface area contributed by atoms with Crippen LogP contribution in [0.2, 0.25) is 0 Å². The zero-order valence-corrected chi connectivity index (χ0v) is 18.7. The molecule has 10 heteroatoms. The van der Waals surface area contributed by atoms with Crippen molar-refractivity contribution in [3.05, 3.63) is 98.4 Å². The topological polar surface area (TPSA) is 106 Å². The summed E-state index contributed by atoms with van der Waals surface area (Å²) >= 11 is 1.34. The summed E-state index contributed by atoms with van der Waals surface area (Å²) in [6.07, 6.45) is 5.44. The Hall–Kier alpha value is -4.05. The van der Waals surface area contributed by atoms with Gasteiger partial charge in [-0.15, -0.1) is 11.3 Å². The third-order valence-corrected chi connectivity index (χ3v) is 6.70. The molecule has 8 nitrogen and oxygen atoms in total. The summed E-state index contributed by atoms with van der Waals surface area (Å²) in [4.78, 5) is 39.5. The van der Waals surface area contributed by atoms with Crippen LogP contribution in [0.3, 0.4) is 0 Å². The Bertz CT molecular complexity index is 1420. The van der Waals surface area contributed by atoms with E-state index in [0.717, 1.165) is 29.7 Å². The number of aromatic nitrogens is 2. The van der Waals surface area contributed by atoms with Crippen LogP contribution >= 0.6 is 11.3 Å². The van der Waals surface area contributed by atoms with Gasteiger partial charge in [-0.1, -0.05) is 0 Å². The predicted molar refractivity (Wildman–Crippen MR) is 124 cm³/mol. The number of aryl methyl sites for hydroxylation is 1. The Morgan fingerprint density at radius 1 is 1.12 bits per heavy atom. The maximum absolute atomic E-state index is 13.2. The fraction of sp³-hybridized carbons (Fsp3) is 0.167. The monoisotopic (exact) mass is 478 g/mol. The summed E-state index contributed by atoms with van der Waals surface area (Å²) in [5, 5.41) is 10.1. The average molecular weight is 479 g/mol. The van der Waals surface area contributed by atoms with Gasteiger partial charge in [0, 0.05) is 17.1 Å². The summed E-state index contributed by atoms with van der Waals surface area (Å²) in [6, 6.07) is 10.2. The summed E-state index contributed by atoms with van der Waals surface area (Å²) in [6.45, 7) is 0.215. The standard InChI is InChI=1S/C24H19FN4O4S/c25-14-6-8-15(9-7-14)29-11-10-18(30)21(28-29)23(32)27-24-20(17-4-1-5-19(17)34-24)22(31)26-13-16-3-2-12-33-16/h2-3,6-12H,1,4-5,13H2,(H,26,31)(H,27,32). The minimum absolute atomic E-state index is 0.215. The lowest BCUT2D eigenvalue weighted by atomic mass is 10.1. The highest BCUT2D eigenvalue weighted by Gasteiger charge is 2.28. The van der Waals surface area contributed by atoms with E-state index in [1.807, 2.05) is 0 Å². The van der Waals surface area contributed by atoms with Crippen LogP contribution < -0.4 is 16.1 Å². The number of fused-ring (bicyclic) bond motifs is 1. The molecule has 2 N–H and O–H groups in total. The lowest BCUT2D eigenvalue weighted by molar-refractivity contribution is 0.0948. The van der Waals surface area contributed by atoms with Gasteiger partial charge >= 0.3 is 0 Å². The Balaban J connectivity index is 1.42. The molecule has 0 fully saturated rings. The summed E-state index contributed by atoms with van der Waals surface area (Å²) in [7, 11) is 0. The molecule has 0 saturated heterocycles. The van der Waals surface area contributed by atoms with Crippen LogP contribution in [0.5, 0.6) is 0 Å². The molecule has 3 heterocycles. The van der Waals surface area contributed by atoms with Crippen molar-refractivity contribution in [3.63, 3.8) is 0 Å². The fourth-order valence-electron chi connectivity index (χ4n) is 3.87. The largest absolute Gasteiger partial charge is 0.467 e. The lowest BCUT2D eigenvalue weighted by Crippen LogP contribution is -2.27. The Morgan fingerprint density at radius 3 is 2.71 bits per heavy atom. The lowest BCUT2D eigenvalue weighted by Gasteiger charge is -2.10. The van der Waals surface area contributed by atoms with Crippen molar-refractivity contribution in [2.45, 2.75) is 25.8 Å². The third kappa shape index (κ3) is 4.27. The number of hydrogen-bond acceptors (Lipinski definition) is 6. The molecule has 172 valence electrons. The number of furan rings is 1. The number of carbonyl (C=O) groups is 2. The highest BCUT2D eigenvalue weighted by molar-refractivity contribution is 7.17. The molecule has 4 aromatic rings. The first-order chi connectivity index (χ1) is 16.5. The van der Waals surface area contributed by atoms with E-state index in [-0.39, 0.29) is 18.1 Å². The first kappa shape index (κ1) is 21.8. The third-order valence-electron chi connectivity index (χ3n) is 5.49. The molecule has 5 rings (SSSR count). The van der Waals surface area contributed by atoms with Crippen LogP contribution in [-0.4, -0.2) is 21.6 Å². The van der Waals surface area contributed by atoms with Crippen LogP contribution in [-0.2, 0) is 19.4 Å². The van der Waals surface area contributed by atoms with E-state index >= 15 is 0 Å². The molecule has 3 aromatic heterocycles. The fourth-order valence-corrected chi connectivity index (χ4v) is 5.15. The molecule has 1 aromatic carbocycles. The van der Waals surface area contributed by atoms with Gasteiger partial charge < -0.3 is 15.1 Å². The summed E-state index contributed by atoms with van der Waals surface area (Å²) in [5.74, 6) is -0.843. The number of nitrogens with zero attached hydrogens (tertiary/aromatic N) is 2. The van der Waals surface area contributed by atoms with Crippen molar-refractivity contribution < 1.29 is 18.4 Å². The van der Waals surface area contributed by atoms with Crippen LogP contribution in [0.15, 0.2) is 64.1 Å². The zero-order chi connectivity index (χ0) is 23.7. The van der Waals surface area contributed by atoms with Crippen molar-refractivity contribution in [1.82, 2.24) is 15.1 Å². The van der Waals surface area contributed by atoms with E-state index in [9.17, 15) is 18.8 Å². The number of amides is 2. The quantitative estimate of drug-likeness (QED) is 0.440. The van der Waals surface area contributed by atoms with Crippen molar-refractivity contribution in [2.75, 3.05) is 5.32 Å². The van der Waals surface area contributed by atoms with Crippen molar-refractivity contribution in [3.8, 4) is 5.69 Å². The number of thiophene rings is 1. The van der Waals surface area contributed by atoms with Crippen molar-refractivity contribution >= 4 is 28.2 Å². The number of halogens is 1. The van der Waals surface area contributed by atoms with E-state index < -0.39 is 17.2 Å². The van der Waals surface area contributed by atoms with Gasteiger partial charge in [0.25, 0.3) is 11.8 Å². The summed E-state index contributed by atoms with van der Waals surface area (Å²) in [5.41, 5.74) is 0.920. The molecule has 0 radical (unpaired) electrons. The van der Waals surface area contributed by atoms with Crippen molar-refractivity contribution in [2.24, 2.45) is 0 Å². The Morgan fingerprint density at radius 2 is 1.94 bits per heavy atom. The van der Waals surface area contributed by atoms with Gasteiger partial charge in [0.2, 0.25) is 5.43 Å². The first-order valence-corrected chi connectivity index (χ1v) is 11.4. The molecule has 1 aliphatic carbocycles. The second-order valence-corrected chi connectivity index (χ2v) is 8.83. The number of anilines is 1. The minimum atomic E-state index is -0.721. The molecule has 0 aliphatic heterocycles. The normalized spacial score (nSPS) is 12.4. The van der Waals surface area contributed by atoms with E-state index in [4.69, 9.17) is 4.42 Å². The van der Waals surface area contributed by atoms with E-state index in [1.165, 1.54) is 58.8 Å². The van der Waals surface area contributed by atoms with E-state index in [2.05, 4.69) is 15.7 Å². The maximum atomic E-state index is 13.2. The Kier molecular flexibility index (Phi) is 5.81. The molecule has 0 saturated carbocycles. The summed E-state index contributed by atoms with van der Waals surface area (Å²) < 4.78 is 19.8. The molecule has 2 amide bonds. The molecular formula is C24H19FN4O4S. The second-order valence-electron chi connectivity index (χ2n) is 7.73. The van der Waals surface area contributed by atoms with Gasteiger partial charge in [-0.3, -0.25) is 14.4 Å². The Labute approximate surface area is 197 Å². The van der Waals surface area contributed by atoms with Crippen LogP contribution in [0, 0.1) is 5.82 Å². The smallest absolute Gasteiger partial charge is 0.280 e. The highest BCUT2D eigenvalue weighted by atomic mass is 32.1. The first-order valence-electron chi connectivity index (χ1n) is 10.6. The van der Waals surface area contributed by atoms with Crippen LogP contribution in [0.4, 0.5) is 9.39 Å². The van der Waals surface area contributed by atoms with E-state index in [0.29, 0.717) is 22.0 Å². The SMILES string of the molecule is O=C(NCc1ccco1)c1c(NC(=O)c2nn(-c3ccc(F)cc3)ccc2=O)sc2c1CCC2. The number of rotatable bonds is 6. The van der Waals surface area contributed by atoms with Gasteiger partial charge in [-0.05, 0) is 61.2 Å². The molecule has 0 spiro atoms. The van der Waals surface area contributed by atoms with Gasteiger partial charge in [0.05, 0.1) is 24.1 Å². The molecular weight excluding hydrogens is 459 g/mol. The van der Waals surface area contributed by atoms with Gasteiger partial charge in [0.1, 0.15) is 16.6 Å². The number of benzene rings is 1. The van der Waals surface area contributed by atoms with Gasteiger partial charge in [-0.25, -0.2) is 9.07 Å². The van der Waals surface area contributed by atoms with Crippen LogP contribution in [0.1, 0.15) is 43.5 Å². The van der Waals surface area contributed by atoms with Gasteiger partial charge in [-0.2, -0.15) is 5.10 Å². The molecule has 0 atom stereocenters. The average Bonchev–Trinajstić information content (AvgIpc) is 3.56. The number of hydrogen-bond donors (Lipinski definition) is 2. The second kappa shape index (κ2) is 9.06. The van der Waals surface area contributed by atoms with E-state index in [1.54, 1.807) is 12.1 Å². The number of nitrogens with one attached hydrogen (secondary N) is 2. The molecule has 34 heavy (non-hydrogen) atoms. The minimum Gasteiger partial charge on any atom is -0.467 e. The molecule has 0 bridgehead atoms. The number of carbonyl (C=O) groups excluding carboxylic acids is 2. The zero-order valence-electron chi connectivity index (χ0n) is 17.8. The maximum Gasteiger partial charge on any atom is 0.280 e.